The van der Waals surface area contributed by atoms with Crippen molar-refractivity contribution in [3.8, 4) is 0 Å². The van der Waals surface area contributed by atoms with Crippen LogP contribution in [0.4, 0.5) is 5.69 Å². The molecule has 0 fully saturated rings. The standard InChI is InChI=1S/C26H35N3O5S/c1-18(2)15-27-26(32)20(4)28(16-23-11-8-7-10-19(23)3)25(31)17-29(35(6,33)34)24-13-9-12-22(14-24)21(5)30/h7-14,18,20H,15-17H2,1-6H3,(H,27,32)/t20-/m0/s1. The zero-order chi connectivity index (χ0) is 26.3. The summed E-state index contributed by atoms with van der Waals surface area (Å²) in [5, 5.41) is 2.85. The Hall–Kier alpha value is -3.20. The number of hydrogen-bond donors (Lipinski definition) is 1. The molecule has 2 aromatic rings. The van der Waals surface area contributed by atoms with Gasteiger partial charge in [-0.3, -0.25) is 18.7 Å². The van der Waals surface area contributed by atoms with Crippen LogP contribution >= 0.6 is 0 Å². The molecule has 8 nitrogen and oxygen atoms in total. The Morgan fingerprint density at radius 2 is 1.66 bits per heavy atom. The zero-order valence-electron chi connectivity index (χ0n) is 21.2. The second kappa shape index (κ2) is 12.0. The Balaban J connectivity index is 2.42. The van der Waals surface area contributed by atoms with Crippen molar-refractivity contribution in [1.82, 2.24) is 10.2 Å². The maximum atomic E-state index is 13.6. The molecule has 1 atom stereocenters. The van der Waals surface area contributed by atoms with E-state index < -0.39 is 28.5 Å². The third kappa shape index (κ3) is 7.92. The van der Waals surface area contributed by atoms with Crippen LogP contribution in [0.3, 0.4) is 0 Å². The van der Waals surface area contributed by atoms with Gasteiger partial charge in [0, 0.05) is 18.7 Å². The molecule has 0 bridgehead atoms. The molecule has 1 N–H and O–H groups in total. The second-order valence-electron chi connectivity index (χ2n) is 9.14. The molecule has 0 spiro atoms. The summed E-state index contributed by atoms with van der Waals surface area (Å²) in [5.74, 6) is -0.826. The number of carbonyl (C=O) groups excluding carboxylic acids is 3. The van der Waals surface area contributed by atoms with Gasteiger partial charge in [0.25, 0.3) is 0 Å². The highest BCUT2D eigenvalue weighted by atomic mass is 32.2. The minimum Gasteiger partial charge on any atom is -0.354 e. The minimum absolute atomic E-state index is 0.146. The molecular weight excluding hydrogens is 466 g/mol. The highest BCUT2D eigenvalue weighted by molar-refractivity contribution is 7.92. The number of ketones is 1. The van der Waals surface area contributed by atoms with Gasteiger partial charge in [0.05, 0.1) is 11.9 Å². The Bertz CT molecular complexity index is 1180. The van der Waals surface area contributed by atoms with E-state index in [4.69, 9.17) is 0 Å². The molecule has 0 aliphatic carbocycles. The summed E-state index contributed by atoms with van der Waals surface area (Å²) >= 11 is 0. The van der Waals surface area contributed by atoms with E-state index in [0.29, 0.717) is 12.1 Å². The lowest BCUT2D eigenvalue weighted by molar-refractivity contribution is -0.139. The van der Waals surface area contributed by atoms with Crippen LogP contribution in [-0.4, -0.2) is 56.3 Å². The summed E-state index contributed by atoms with van der Waals surface area (Å²) in [6.07, 6.45) is 1.01. The quantitative estimate of drug-likeness (QED) is 0.477. The number of amides is 2. The van der Waals surface area contributed by atoms with E-state index in [1.54, 1.807) is 19.1 Å². The van der Waals surface area contributed by atoms with Crippen molar-refractivity contribution < 1.29 is 22.8 Å². The van der Waals surface area contributed by atoms with Crippen molar-refractivity contribution >= 4 is 33.3 Å². The number of carbonyl (C=O) groups is 3. The van der Waals surface area contributed by atoms with E-state index in [1.807, 2.05) is 45.0 Å². The number of hydrogen-bond acceptors (Lipinski definition) is 5. The van der Waals surface area contributed by atoms with Gasteiger partial charge in [-0.15, -0.1) is 0 Å². The van der Waals surface area contributed by atoms with Crippen molar-refractivity contribution in [3.63, 3.8) is 0 Å². The van der Waals surface area contributed by atoms with Crippen LogP contribution in [0.15, 0.2) is 48.5 Å². The van der Waals surface area contributed by atoms with Gasteiger partial charge in [0.2, 0.25) is 21.8 Å². The van der Waals surface area contributed by atoms with Crippen LogP contribution in [0, 0.1) is 12.8 Å². The fraction of sp³-hybridized carbons (Fsp3) is 0.423. The van der Waals surface area contributed by atoms with Crippen LogP contribution in [0.25, 0.3) is 0 Å². The number of sulfonamides is 1. The molecule has 9 heteroatoms. The third-order valence-electron chi connectivity index (χ3n) is 5.67. The van der Waals surface area contributed by atoms with Crippen molar-refractivity contribution in [2.24, 2.45) is 5.92 Å². The van der Waals surface area contributed by atoms with E-state index in [2.05, 4.69) is 5.32 Å². The van der Waals surface area contributed by atoms with E-state index in [0.717, 1.165) is 21.7 Å². The van der Waals surface area contributed by atoms with Crippen molar-refractivity contribution in [3.05, 3.63) is 65.2 Å². The normalized spacial score (nSPS) is 12.2. The number of benzene rings is 2. The maximum absolute atomic E-state index is 13.6. The summed E-state index contributed by atoms with van der Waals surface area (Å²) in [7, 11) is -3.86. The van der Waals surface area contributed by atoms with Gasteiger partial charge in [-0.25, -0.2) is 8.42 Å². The van der Waals surface area contributed by atoms with Crippen LogP contribution < -0.4 is 9.62 Å². The first-order valence-electron chi connectivity index (χ1n) is 11.5. The first-order valence-corrected chi connectivity index (χ1v) is 13.4. The molecule has 0 aliphatic heterocycles. The molecule has 35 heavy (non-hydrogen) atoms. The van der Waals surface area contributed by atoms with Gasteiger partial charge < -0.3 is 10.2 Å². The highest BCUT2D eigenvalue weighted by Crippen LogP contribution is 2.21. The van der Waals surface area contributed by atoms with Gasteiger partial charge in [0.1, 0.15) is 12.6 Å². The number of aryl methyl sites for hydroxylation is 1. The Labute approximate surface area is 208 Å². The first-order chi connectivity index (χ1) is 16.3. The molecule has 0 radical (unpaired) electrons. The lowest BCUT2D eigenvalue weighted by Gasteiger charge is -2.32. The van der Waals surface area contributed by atoms with Crippen LogP contribution in [0.1, 0.15) is 49.2 Å². The highest BCUT2D eigenvalue weighted by Gasteiger charge is 2.30. The zero-order valence-corrected chi connectivity index (χ0v) is 22.1. The lowest BCUT2D eigenvalue weighted by Crippen LogP contribution is -2.51. The fourth-order valence-electron chi connectivity index (χ4n) is 3.50. The number of rotatable bonds is 11. The SMILES string of the molecule is CC(=O)c1cccc(N(CC(=O)N(Cc2ccccc2C)[C@@H](C)C(=O)NCC(C)C)S(C)(=O)=O)c1. The third-order valence-corrected chi connectivity index (χ3v) is 6.81. The van der Waals surface area contributed by atoms with Crippen molar-refractivity contribution in [2.75, 3.05) is 23.7 Å². The number of anilines is 1. The monoisotopic (exact) mass is 501 g/mol. The van der Waals surface area contributed by atoms with Crippen LogP contribution in [0.2, 0.25) is 0 Å². The van der Waals surface area contributed by atoms with E-state index in [1.165, 1.54) is 24.0 Å². The molecule has 2 aromatic carbocycles. The number of nitrogens with one attached hydrogen (secondary N) is 1. The molecule has 0 aromatic heterocycles. The predicted molar refractivity (Wildman–Crippen MR) is 138 cm³/mol. The topological polar surface area (TPSA) is 104 Å². The average Bonchev–Trinajstić information content (AvgIpc) is 2.79. The maximum Gasteiger partial charge on any atom is 0.244 e. The molecule has 2 amide bonds. The minimum atomic E-state index is -3.86. The van der Waals surface area contributed by atoms with Gasteiger partial charge >= 0.3 is 0 Å². The smallest absolute Gasteiger partial charge is 0.244 e. The van der Waals surface area contributed by atoms with Gasteiger partial charge in [-0.1, -0.05) is 50.2 Å². The molecule has 2 rings (SSSR count). The lowest BCUT2D eigenvalue weighted by atomic mass is 10.1. The summed E-state index contributed by atoms with van der Waals surface area (Å²) in [6.45, 7) is 8.98. The summed E-state index contributed by atoms with van der Waals surface area (Å²) in [4.78, 5) is 39.6. The van der Waals surface area contributed by atoms with Crippen LogP contribution in [0.5, 0.6) is 0 Å². The van der Waals surface area contributed by atoms with Gasteiger partial charge in [-0.05, 0) is 49.9 Å². The predicted octanol–water partition coefficient (Wildman–Crippen LogP) is 3.15. The largest absolute Gasteiger partial charge is 0.354 e. The molecular formula is C26H35N3O5S. The van der Waals surface area contributed by atoms with Gasteiger partial charge in [0.15, 0.2) is 5.78 Å². The Morgan fingerprint density at radius 3 is 2.23 bits per heavy atom. The Morgan fingerprint density at radius 1 is 1.00 bits per heavy atom. The number of nitrogens with zero attached hydrogens (tertiary/aromatic N) is 2. The van der Waals surface area contributed by atoms with E-state index in [-0.39, 0.29) is 29.8 Å². The second-order valence-corrected chi connectivity index (χ2v) is 11.0. The number of Topliss-reactive ketones (excluding diaryl/α,β-unsaturated/α-hetero) is 1. The van der Waals surface area contributed by atoms with E-state index >= 15 is 0 Å². The fourth-order valence-corrected chi connectivity index (χ4v) is 4.34. The summed E-state index contributed by atoms with van der Waals surface area (Å²) < 4.78 is 26.3. The molecule has 190 valence electrons. The van der Waals surface area contributed by atoms with Crippen LogP contribution in [-0.2, 0) is 26.2 Å². The molecule has 0 unspecified atom stereocenters. The summed E-state index contributed by atoms with van der Waals surface area (Å²) in [5.41, 5.74) is 2.35. The van der Waals surface area contributed by atoms with E-state index in [9.17, 15) is 22.8 Å². The van der Waals surface area contributed by atoms with Gasteiger partial charge in [-0.2, -0.15) is 0 Å². The summed E-state index contributed by atoms with van der Waals surface area (Å²) in [6, 6.07) is 12.8. The molecule has 0 aliphatic rings. The molecule has 0 heterocycles. The van der Waals surface area contributed by atoms with Crippen molar-refractivity contribution in [2.45, 2.75) is 47.2 Å². The first kappa shape index (κ1) is 28.0. The average molecular weight is 502 g/mol. The molecule has 0 saturated heterocycles. The Kier molecular flexibility index (Phi) is 9.59. The van der Waals surface area contributed by atoms with Crippen molar-refractivity contribution in [1.29, 1.82) is 0 Å². The molecule has 0 saturated carbocycles.